The van der Waals surface area contributed by atoms with Gasteiger partial charge in [-0.1, -0.05) is 0 Å². The lowest BCUT2D eigenvalue weighted by Crippen LogP contribution is -2.33. The second-order valence-electron chi connectivity index (χ2n) is 6.60. The van der Waals surface area contributed by atoms with Gasteiger partial charge in [0.05, 0.1) is 17.4 Å². The smallest absolute Gasteiger partial charge is 0.267 e. The van der Waals surface area contributed by atoms with Crippen LogP contribution in [0, 0.1) is 5.92 Å². The van der Waals surface area contributed by atoms with Crippen LogP contribution >= 0.6 is 0 Å². The zero-order valence-electron chi connectivity index (χ0n) is 12.8. The largest absolute Gasteiger partial charge is 0.364 e. The van der Waals surface area contributed by atoms with Gasteiger partial charge in [-0.2, -0.15) is 5.10 Å². The molecule has 1 aliphatic carbocycles. The van der Waals surface area contributed by atoms with Crippen LogP contribution in [0.3, 0.4) is 0 Å². The van der Waals surface area contributed by atoms with E-state index in [0.717, 1.165) is 49.4 Å². The molecule has 1 aromatic rings. The van der Waals surface area contributed by atoms with Gasteiger partial charge in [0, 0.05) is 24.6 Å². The number of nitrogens with zero attached hydrogens (tertiary/aromatic N) is 4. The van der Waals surface area contributed by atoms with Crippen LogP contribution in [0.15, 0.2) is 17.2 Å². The summed E-state index contributed by atoms with van der Waals surface area (Å²) in [5.74, 6) is 0.0357. The van der Waals surface area contributed by atoms with Crippen LogP contribution in [0.2, 0.25) is 0 Å². The summed E-state index contributed by atoms with van der Waals surface area (Å²) in [6.45, 7) is 3.26. The first-order chi connectivity index (χ1) is 10.6. The van der Waals surface area contributed by atoms with Crippen LogP contribution in [0.25, 0.3) is 0 Å². The van der Waals surface area contributed by atoms with E-state index in [1.54, 1.807) is 6.07 Å². The molecule has 1 saturated heterocycles. The number of likely N-dealkylation sites (N-methyl/N-ethyl adjacent to an activating group) is 1. The molecule has 0 bridgehead atoms. The summed E-state index contributed by atoms with van der Waals surface area (Å²) < 4.78 is 0. The highest BCUT2D eigenvalue weighted by Crippen LogP contribution is 2.32. The van der Waals surface area contributed by atoms with Crippen LogP contribution in [-0.2, 0) is 6.42 Å². The molecule has 1 amide bonds. The minimum Gasteiger partial charge on any atom is -0.364 e. The Bertz CT molecular complexity index is 656. The Morgan fingerprint density at radius 3 is 2.91 bits per heavy atom. The van der Waals surface area contributed by atoms with E-state index in [1.165, 1.54) is 6.42 Å². The van der Waals surface area contributed by atoms with E-state index in [0.29, 0.717) is 17.7 Å². The number of aromatic nitrogens is 1. The summed E-state index contributed by atoms with van der Waals surface area (Å²) in [4.78, 5) is 18.1. The van der Waals surface area contributed by atoms with Crippen molar-refractivity contribution in [1.29, 1.82) is 0 Å². The molecule has 6 nitrogen and oxygen atoms in total. The molecule has 2 N–H and O–H groups in total. The number of hydrogen-bond acceptors (Lipinski definition) is 5. The van der Waals surface area contributed by atoms with Gasteiger partial charge in [-0.15, -0.1) is 0 Å². The number of nitrogens with two attached hydrogens (primary N) is 1. The zero-order chi connectivity index (χ0) is 15.3. The Kier molecular flexibility index (Phi) is 3.14. The number of aryl methyl sites for hydroxylation is 1. The number of rotatable bonds is 2. The van der Waals surface area contributed by atoms with Gasteiger partial charge in [-0.25, -0.2) is 4.98 Å². The second kappa shape index (κ2) is 5.05. The van der Waals surface area contributed by atoms with Gasteiger partial charge in [0.25, 0.3) is 5.91 Å². The van der Waals surface area contributed by atoms with Crippen molar-refractivity contribution in [3.8, 4) is 0 Å². The van der Waals surface area contributed by atoms with E-state index in [4.69, 9.17) is 10.8 Å². The van der Waals surface area contributed by atoms with Gasteiger partial charge < -0.3 is 10.6 Å². The van der Waals surface area contributed by atoms with Crippen molar-refractivity contribution in [1.82, 2.24) is 14.9 Å². The van der Waals surface area contributed by atoms with Crippen molar-refractivity contribution >= 4 is 11.6 Å². The van der Waals surface area contributed by atoms with Crippen molar-refractivity contribution in [2.45, 2.75) is 25.3 Å². The molecule has 6 heteroatoms. The van der Waals surface area contributed by atoms with Crippen molar-refractivity contribution in [2.24, 2.45) is 16.8 Å². The van der Waals surface area contributed by atoms with Crippen LogP contribution in [0.1, 0.15) is 34.6 Å². The topological polar surface area (TPSA) is 74.8 Å². The molecule has 1 unspecified atom stereocenters. The number of hydrazone groups is 1. The molecule has 0 aromatic carbocycles. The molecule has 4 rings (SSSR count). The summed E-state index contributed by atoms with van der Waals surface area (Å²) in [5, 5.41) is 7.19. The maximum atomic E-state index is 11.3. The van der Waals surface area contributed by atoms with Gasteiger partial charge in [0.1, 0.15) is 5.69 Å². The quantitative estimate of drug-likeness (QED) is 0.861. The second-order valence-corrected chi connectivity index (χ2v) is 6.60. The Morgan fingerprint density at radius 2 is 2.18 bits per heavy atom. The molecule has 3 heterocycles. The van der Waals surface area contributed by atoms with E-state index in [1.807, 2.05) is 6.07 Å². The molecule has 2 aliphatic heterocycles. The normalized spacial score (nSPS) is 27.5. The highest BCUT2D eigenvalue weighted by Gasteiger charge is 2.37. The van der Waals surface area contributed by atoms with Gasteiger partial charge in [0.2, 0.25) is 0 Å². The predicted molar refractivity (Wildman–Crippen MR) is 83.7 cm³/mol. The predicted octanol–water partition coefficient (Wildman–Crippen LogP) is 0.467. The van der Waals surface area contributed by atoms with Gasteiger partial charge in [-0.05, 0) is 45.0 Å². The fourth-order valence-electron chi connectivity index (χ4n) is 3.83. The van der Waals surface area contributed by atoms with Gasteiger partial charge >= 0.3 is 0 Å². The van der Waals surface area contributed by atoms with E-state index in [9.17, 15) is 4.79 Å². The first-order valence-electron chi connectivity index (χ1n) is 7.95. The standard InChI is InChI=1S/C16H21N5O/c1-20-7-6-11(9-20)21-8-10-2-4-13-12(15(10)19-21)3-5-14(18-13)16(17)22/h3,5,10-11H,2,4,6-9H2,1H3,(H2,17,22)/t10?,11-/m0/s1. The third-order valence-corrected chi connectivity index (χ3v) is 5.05. The lowest BCUT2D eigenvalue weighted by Gasteiger charge is -2.23. The third-order valence-electron chi connectivity index (χ3n) is 5.05. The molecule has 3 aliphatic rings. The molecule has 1 aromatic heterocycles. The molecular formula is C16H21N5O. The Morgan fingerprint density at radius 1 is 1.32 bits per heavy atom. The van der Waals surface area contributed by atoms with Gasteiger partial charge in [0.15, 0.2) is 0 Å². The molecule has 0 spiro atoms. The van der Waals surface area contributed by atoms with Crippen molar-refractivity contribution in [3.05, 3.63) is 29.1 Å². The molecule has 0 saturated carbocycles. The van der Waals surface area contributed by atoms with Crippen LogP contribution < -0.4 is 5.73 Å². The Labute approximate surface area is 130 Å². The summed E-state index contributed by atoms with van der Waals surface area (Å²) in [5.41, 5.74) is 8.91. The maximum absolute atomic E-state index is 11.3. The average Bonchev–Trinajstić information content (AvgIpc) is 3.12. The molecule has 1 fully saturated rings. The van der Waals surface area contributed by atoms with Crippen LogP contribution in [0.4, 0.5) is 0 Å². The third kappa shape index (κ3) is 2.18. The maximum Gasteiger partial charge on any atom is 0.267 e. The van der Waals surface area contributed by atoms with Gasteiger partial charge in [-0.3, -0.25) is 9.80 Å². The number of fused-ring (bicyclic) bond motifs is 3. The van der Waals surface area contributed by atoms with Crippen LogP contribution in [0.5, 0.6) is 0 Å². The van der Waals surface area contributed by atoms with E-state index in [2.05, 4.69) is 21.9 Å². The number of primary amides is 1. The van der Waals surface area contributed by atoms with Crippen molar-refractivity contribution < 1.29 is 4.79 Å². The highest BCUT2D eigenvalue weighted by molar-refractivity contribution is 6.05. The minimum atomic E-state index is -0.464. The van der Waals surface area contributed by atoms with Crippen molar-refractivity contribution in [3.63, 3.8) is 0 Å². The SMILES string of the molecule is CN1CC[C@H](N2CC3CCc4nc(C(N)=O)ccc4C3=N2)C1. The summed E-state index contributed by atoms with van der Waals surface area (Å²) in [7, 11) is 2.17. The number of likely N-dealkylation sites (tertiary alicyclic amines) is 1. The summed E-state index contributed by atoms with van der Waals surface area (Å²) in [6.07, 6.45) is 3.14. The summed E-state index contributed by atoms with van der Waals surface area (Å²) in [6, 6.07) is 4.22. The Hall–Kier alpha value is -1.95. The van der Waals surface area contributed by atoms with Crippen molar-refractivity contribution in [2.75, 3.05) is 26.7 Å². The number of carbonyl (C=O) groups excluding carboxylic acids is 1. The molecule has 22 heavy (non-hydrogen) atoms. The fraction of sp³-hybridized carbons (Fsp3) is 0.562. The first-order valence-corrected chi connectivity index (χ1v) is 7.95. The molecule has 0 radical (unpaired) electrons. The molecule has 116 valence electrons. The highest BCUT2D eigenvalue weighted by atomic mass is 16.1. The van der Waals surface area contributed by atoms with E-state index in [-0.39, 0.29) is 0 Å². The monoisotopic (exact) mass is 299 g/mol. The lowest BCUT2D eigenvalue weighted by molar-refractivity contribution is 0.0995. The molecular weight excluding hydrogens is 278 g/mol. The first kappa shape index (κ1) is 13.7. The summed E-state index contributed by atoms with van der Waals surface area (Å²) >= 11 is 0. The van der Waals surface area contributed by atoms with E-state index < -0.39 is 5.91 Å². The number of amides is 1. The average molecular weight is 299 g/mol. The number of carbonyl (C=O) groups is 1. The van der Waals surface area contributed by atoms with Crippen LogP contribution in [-0.4, -0.2) is 59.2 Å². The lowest BCUT2D eigenvalue weighted by atomic mass is 9.85. The minimum absolute atomic E-state index is 0.352. The molecule has 2 atom stereocenters. The zero-order valence-corrected chi connectivity index (χ0v) is 12.8. The Balaban J connectivity index is 1.64. The fourth-order valence-corrected chi connectivity index (χ4v) is 3.83. The number of pyridine rings is 1. The van der Waals surface area contributed by atoms with E-state index >= 15 is 0 Å². The number of hydrogen-bond donors (Lipinski definition) is 1.